The highest BCUT2D eigenvalue weighted by molar-refractivity contribution is 6.03. The Morgan fingerprint density at radius 1 is 1.27 bits per heavy atom. The molecule has 1 aliphatic rings. The van der Waals surface area contributed by atoms with E-state index in [1.165, 1.54) is 0 Å². The van der Waals surface area contributed by atoms with Gasteiger partial charge in [-0.2, -0.15) is 0 Å². The number of amides is 1. The van der Waals surface area contributed by atoms with E-state index in [0.29, 0.717) is 42.1 Å². The SMILES string of the molecule is CCCN1C(=O)C(CC)(CC)Oc2c(OC)cc(CO)cc21. The van der Waals surface area contributed by atoms with E-state index >= 15 is 0 Å². The largest absolute Gasteiger partial charge is 0.493 e. The van der Waals surface area contributed by atoms with E-state index in [-0.39, 0.29) is 12.5 Å². The Morgan fingerprint density at radius 3 is 2.45 bits per heavy atom. The van der Waals surface area contributed by atoms with Crippen molar-refractivity contribution in [3.05, 3.63) is 17.7 Å². The Bertz CT molecular complexity index is 552. The summed E-state index contributed by atoms with van der Waals surface area (Å²) in [6.45, 7) is 6.48. The Balaban J connectivity index is 2.65. The van der Waals surface area contributed by atoms with Gasteiger partial charge in [-0.25, -0.2) is 0 Å². The number of benzene rings is 1. The van der Waals surface area contributed by atoms with Crippen LogP contribution < -0.4 is 14.4 Å². The minimum Gasteiger partial charge on any atom is -0.493 e. The van der Waals surface area contributed by atoms with Crippen molar-refractivity contribution in [3.63, 3.8) is 0 Å². The molecule has 1 aromatic carbocycles. The number of carbonyl (C=O) groups is 1. The third kappa shape index (κ3) is 2.54. The molecule has 0 bridgehead atoms. The molecular weight excluding hydrogens is 282 g/mol. The topological polar surface area (TPSA) is 59.0 Å². The van der Waals surface area contributed by atoms with Gasteiger partial charge in [-0.1, -0.05) is 20.8 Å². The van der Waals surface area contributed by atoms with E-state index in [1.54, 1.807) is 24.1 Å². The number of aliphatic hydroxyl groups is 1. The van der Waals surface area contributed by atoms with Gasteiger partial charge in [-0.05, 0) is 37.0 Å². The zero-order valence-corrected chi connectivity index (χ0v) is 13.8. The molecule has 1 N–H and O–H groups in total. The summed E-state index contributed by atoms with van der Waals surface area (Å²) in [6, 6.07) is 3.56. The number of carbonyl (C=O) groups excluding carboxylic acids is 1. The zero-order valence-electron chi connectivity index (χ0n) is 13.8. The van der Waals surface area contributed by atoms with Crippen LogP contribution >= 0.6 is 0 Å². The second-order valence-electron chi connectivity index (χ2n) is 5.56. The average molecular weight is 307 g/mol. The highest BCUT2D eigenvalue weighted by atomic mass is 16.5. The second-order valence-corrected chi connectivity index (χ2v) is 5.56. The lowest BCUT2D eigenvalue weighted by Crippen LogP contribution is -2.55. The third-order valence-corrected chi connectivity index (χ3v) is 4.31. The van der Waals surface area contributed by atoms with Crippen molar-refractivity contribution in [1.29, 1.82) is 0 Å². The van der Waals surface area contributed by atoms with Crippen LogP contribution in [0.15, 0.2) is 12.1 Å². The van der Waals surface area contributed by atoms with Gasteiger partial charge in [0.05, 0.1) is 19.4 Å². The van der Waals surface area contributed by atoms with Crippen molar-refractivity contribution in [2.75, 3.05) is 18.6 Å². The summed E-state index contributed by atoms with van der Waals surface area (Å²) in [7, 11) is 1.57. The van der Waals surface area contributed by atoms with Crippen LogP contribution in [-0.2, 0) is 11.4 Å². The molecule has 122 valence electrons. The first-order valence-electron chi connectivity index (χ1n) is 7.89. The number of aliphatic hydroxyl groups excluding tert-OH is 1. The summed E-state index contributed by atoms with van der Waals surface area (Å²) >= 11 is 0. The van der Waals surface area contributed by atoms with Crippen molar-refractivity contribution in [2.45, 2.75) is 52.2 Å². The smallest absolute Gasteiger partial charge is 0.271 e. The fourth-order valence-electron chi connectivity index (χ4n) is 2.93. The normalized spacial score (nSPS) is 16.2. The molecule has 5 nitrogen and oxygen atoms in total. The molecule has 5 heteroatoms. The molecule has 0 fully saturated rings. The molecule has 1 amide bonds. The summed E-state index contributed by atoms with van der Waals surface area (Å²) in [4.78, 5) is 14.7. The van der Waals surface area contributed by atoms with Crippen LogP contribution in [0.5, 0.6) is 11.5 Å². The standard InChI is InChI=1S/C17H25NO4/c1-5-8-18-13-9-12(11-19)10-14(21-4)15(13)22-17(6-2,7-3)16(18)20/h9-10,19H,5-8,11H2,1-4H3. The highest BCUT2D eigenvalue weighted by Crippen LogP contribution is 2.47. The number of methoxy groups -OCH3 is 1. The molecule has 0 aliphatic carbocycles. The summed E-state index contributed by atoms with van der Waals surface area (Å²) in [5.74, 6) is 1.14. The first-order chi connectivity index (χ1) is 10.6. The quantitative estimate of drug-likeness (QED) is 0.878. The molecule has 1 heterocycles. The van der Waals surface area contributed by atoms with Gasteiger partial charge < -0.3 is 19.5 Å². The minimum atomic E-state index is -0.837. The number of nitrogens with zero attached hydrogens (tertiary/aromatic N) is 1. The minimum absolute atomic E-state index is 0.0102. The van der Waals surface area contributed by atoms with Gasteiger partial charge in [0, 0.05) is 6.54 Å². The third-order valence-electron chi connectivity index (χ3n) is 4.31. The van der Waals surface area contributed by atoms with Gasteiger partial charge in [0.25, 0.3) is 5.91 Å². The van der Waals surface area contributed by atoms with Crippen LogP contribution in [0, 0.1) is 0 Å². The van der Waals surface area contributed by atoms with Crippen LogP contribution in [0.25, 0.3) is 0 Å². The van der Waals surface area contributed by atoms with E-state index < -0.39 is 5.60 Å². The van der Waals surface area contributed by atoms with Gasteiger partial charge >= 0.3 is 0 Å². The average Bonchev–Trinajstić information content (AvgIpc) is 2.56. The molecule has 0 unspecified atom stereocenters. The van der Waals surface area contributed by atoms with E-state index in [0.717, 1.165) is 6.42 Å². The fraction of sp³-hybridized carbons (Fsp3) is 0.588. The molecular formula is C17H25NO4. The van der Waals surface area contributed by atoms with Crippen molar-refractivity contribution in [1.82, 2.24) is 0 Å². The number of hydrogen-bond acceptors (Lipinski definition) is 4. The molecule has 2 rings (SSSR count). The molecule has 22 heavy (non-hydrogen) atoms. The van der Waals surface area contributed by atoms with Crippen LogP contribution in [0.1, 0.15) is 45.6 Å². The van der Waals surface area contributed by atoms with Gasteiger partial charge in [-0.15, -0.1) is 0 Å². The lowest BCUT2D eigenvalue weighted by Gasteiger charge is -2.42. The maximum atomic E-state index is 13.0. The number of hydrogen-bond donors (Lipinski definition) is 1. The molecule has 0 atom stereocenters. The molecule has 0 spiro atoms. The number of fused-ring (bicyclic) bond motifs is 1. The molecule has 0 aromatic heterocycles. The molecule has 0 saturated carbocycles. The molecule has 1 aromatic rings. The number of rotatable bonds is 6. The number of ether oxygens (including phenoxy) is 2. The van der Waals surface area contributed by atoms with Gasteiger partial charge in [0.15, 0.2) is 17.1 Å². The summed E-state index contributed by atoms with van der Waals surface area (Å²) in [5, 5.41) is 9.44. The Kier molecular flexibility index (Phi) is 4.96. The lowest BCUT2D eigenvalue weighted by atomic mass is 9.92. The fourth-order valence-corrected chi connectivity index (χ4v) is 2.93. The van der Waals surface area contributed by atoms with Gasteiger partial charge in [0.2, 0.25) is 0 Å². The summed E-state index contributed by atoms with van der Waals surface area (Å²) < 4.78 is 11.6. The van der Waals surface area contributed by atoms with Crippen molar-refractivity contribution < 1.29 is 19.4 Å². The Morgan fingerprint density at radius 2 is 1.95 bits per heavy atom. The van der Waals surface area contributed by atoms with E-state index in [1.807, 2.05) is 20.8 Å². The lowest BCUT2D eigenvalue weighted by molar-refractivity contribution is -0.136. The van der Waals surface area contributed by atoms with E-state index in [2.05, 4.69) is 0 Å². The maximum absolute atomic E-state index is 13.0. The molecule has 1 aliphatic heterocycles. The Labute approximate surface area is 131 Å². The highest BCUT2D eigenvalue weighted by Gasteiger charge is 2.46. The zero-order chi connectivity index (χ0) is 16.3. The Hall–Kier alpha value is -1.75. The predicted molar refractivity (Wildman–Crippen MR) is 85.5 cm³/mol. The summed E-state index contributed by atoms with van der Waals surface area (Å²) in [6.07, 6.45) is 2.06. The van der Waals surface area contributed by atoms with E-state index in [4.69, 9.17) is 9.47 Å². The maximum Gasteiger partial charge on any atom is 0.271 e. The molecule has 0 saturated heterocycles. The van der Waals surface area contributed by atoms with Gasteiger partial charge in [0.1, 0.15) is 0 Å². The van der Waals surface area contributed by atoms with Crippen molar-refractivity contribution in [2.24, 2.45) is 0 Å². The van der Waals surface area contributed by atoms with Crippen LogP contribution in [0.2, 0.25) is 0 Å². The van der Waals surface area contributed by atoms with Crippen LogP contribution in [0.4, 0.5) is 5.69 Å². The number of anilines is 1. The van der Waals surface area contributed by atoms with Gasteiger partial charge in [-0.3, -0.25) is 4.79 Å². The predicted octanol–water partition coefficient (Wildman–Crippen LogP) is 2.88. The van der Waals surface area contributed by atoms with Crippen molar-refractivity contribution in [3.8, 4) is 11.5 Å². The van der Waals surface area contributed by atoms with Crippen LogP contribution in [-0.4, -0.2) is 30.3 Å². The second kappa shape index (κ2) is 6.57. The van der Waals surface area contributed by atoms with Crippen LogP contribution in [0.3, 0.4) is 0 Å². The molecule has 0 radical (unpaired) electrons. The summed E-state index contributed by atoms with van der Waals surface area (Å²) in [5.41, 5.74) is 0.553. The van der Waals surface area contributed by atoms with Crippen molar-refractivity contribution >= 4 is 11.6 Å². The first kappa shape index (κ1) is 16.6. The monoisotopic (exact) mass is 307 g/mol. The van der Waals surface area contributed by atoms with E-state index in [9.17, 15) is 9.90 Å². The first-order valence-corrected chi connectivity index (χ1v) is 7.89.